The summed E-state index contributed by atoms with van der Waals surface area (Å²) in [6.45, 7) is 0. The van der Waals surface area contributed by atoms with Gasteiger partial charge in [-0.25, -0.2) is 19.6 Å². The first kappa shape index (κ1) is 21.2. The van der Waals surface area contributed by atoms with E-state index in [0.717, 1.165) is 28.3 Å². The highest BCUT2D eigenvalue weighted by molar-refractivity contribution is 5.69. The van der Waals surface area contributed by atoms with Crippen LogP contribution in [0, 0.1) is 11.3 Å². The van der Waals surface area contributed by atoms with E-state index in [1.165, 1.54) is 6.33 Å². The Morgan fingerprint density at radius 3 is 2.56 bits per heavy atom. The highest BCUT2D eigenvalue weighted by Gasteiger charge is 2.37. The van der Waals surface area contributed by atoms with Crippen LogP contribution in [0.15, 0.2) is 91.1 Å². The molecule has 0 saturated heterocycles. The number of fused-ring (bicyclic) bond motifs is 1. The fourth-order valence-electron chi connectivity index (χ4n) is 4.45. The van der Waals surface area contributed by atoms with Gasteiger partial charge >= 0.3 is 0 Å². The number of nitrogens with zero attached hydrogens (tertiary/aromatic N) is 8. The Morgan fingerprint density at radius 1 is 0.972 bits per heavy atom. The molecule has 6 rings (SSSR count). The second-order valence-electron chi connectivity index (χ2n) is 8.14. The van der Waals surface area contributed by atoms with Gasteiger partial charge in [-0.3, -0.25) is 9.55 Å². The lowest BCUT2D eigenvalue weighted by Gasteiger charge is -2.25. The Kier molecular flexibility index (Phi) is 5.01. The third kappa shape index (κ3) is 3.38. The molecule has 1 atom stereocenters. The minimum atomic E-state index is -0.482. The first-order valence-corrected chi connectivity index (χ1v) is 11.1. The van der Waals surface area contributed by atoms with Crippen molar-refractivity contribution in [1.29, 1.82) is 5.26 Å². The minimum Gasteiger partial charge on any atom is -0.422 e. The summed E-state index contributed by atoms with van der Waals surface area (Å²) in [6, 6.07) is 17.6. The van der Waals surface area contributed by atoms with Crippen molar-refractivity contribution in [3.05, 3.63) is 102 Å². The molecule has 0 saturated carbocycles. The van der Waals surface area contributed by atoms with E-state index in [1.807, 2.05) is 53.2 Å². The minimum absolute atomic E-state index is 0.0587. The number of hydrogen-bond acceptors (Lipinski definition) is 8. The maximum atomic E-state index is 10.0. The van der Waals surface area contributed by atoms with Crippen LogP contribution in [0.2, 0.25) is 0 Å². The topological polar surface area (TPSA) is 133 Å². The number of allylic oxidation sites excluding steroid dienone is 1. The van der Waals surface area contributed by atoms with Gasteiger partial charge in [0, 0.05) is 37.5 Å². The summed E-state index contributed by atoms with van der Waals surface area (Å²) in [5, 5.41) is 14.6. The molecule has 0 fully saturated rings. The van der Waals surface area contributed by atoms with E-state index >= 15 is 0 Å². The van der Waals surface area contributed by atoms with Crippen LogP contribution in [0.4, 0.5) is 0 Å². The molecule has 1 unspecified atom stereocenters. The number of benzene rings is 1. The van der Waals surface area contributed by atoms with Gasteiger partial charge in [-0.15, -0.1) is 0 Å². The van der Waals surface area contributed by atoms with Gasteiger partial charge in [-0.2, -0.15) is 10.4 Å². The van der Waals surface area contributed by atoms with Crippen molar-refractivity contribution in [1.82, 2.24) is 34.3 Å². The Labute approximate surface area is 206 Å². The quantitative estimate of drug-likeness (QED) is 0.420. The lowest BCUT2D eigenvalue weighted by Crippen LogP contribution is -2.22. The van der Waals surface area contributed by atoms with E-state index in [1.54, 1.807) is 36.4 Å². The molecule has 1 aromatic carbocycles. The Morgan fingerprint density at radius 2 is 1.83 bits per heavy atom. The highest BCUT2D eigenvalue weighted by atomic mass is 16.5. The molecule has 5 heterocycles. The van der Waals surface area contributed by atoms with Crippen LogP contribution in [-0.4, -0.2) is 34.3 Å². The molecule has 1 aliphatic heterocycles. The molecular weight excluding hydrogens is 454 g/mol. The Hall–Kier alpha value is -5.30. The Balaban J connectivity index is 1.46. The number of hydrogen-bond donors (Lipinski definition) is 1. The number of pyridine rings is 1. The molecule has 0 spiro atoms. The fraction of sp³-hybridized carbons (Fsp3) is 0.0769. The van der Waals surface area contributed by atoms with Crippen LogP contribution in [0.25, 0.3) is 28.6 Å². The highest BCUT2D eigenvalue weighted by Crippen LogP contribution is 2.46. The van der Waals surface area contributed by atoms with Crippen LogP contribution in [0.5, 0.6) is 5.88 Å². The van der Waals surface area contributed by atoms with Crippen molar-refractivity contribution in [2.24, 2.45) is 12.8 Å². The lowest BCUT2D eigenvalue weighted by molar-refractivity contribution is 0.358. The average Bonchev–Trinajstić information content (AvgIpc) is 3.54. The van der Waals surface area contributed by atoms with Crippen LogP contribution in [0.3, 0.4) is 0 Å². The van der Waals surface area contributed by atoms with Crippen LogP contribution in [-0.2, 0) is 7.05 Å². The first-order chi connectivity index (χ1) is 17.7. The van der Waals surface area contributed by atoms with E-state index in [9.17, 15) is 5.26 Å². The summed E-state index contributed by atoms with van der Waals surface area (Å²) in [7, 11) is 1.77. The molecule has 0 bridgehead atoms. The summed E-state index contributed by atoms with van der Waals surface area (Å²) in [6.07, 6.45) is 8.48. The number of rotatable bonds is 4. The van der Waals surface area contributed by atoms with E-state index in [0.29, 0.717) is 22.8 Å². The predicted molar refractivity (Wildman–Crippen MR) is 130 cm³/mol. The number of aryl methyl sites for hydroxylation is 1. The van der Waals surface area contributed by atoms with Crippen molar-refractivity contribution in [2.45, 2.75) is 5.92 Å². The van der Waals surface area contributed by atoms with Crippen molar-refractivity contribution >= 4 is 0 Å². The molecule has 10 heteroatoms. The molecule has 10 nitrogen and oxygen atoms in total. The number of aromatic nitrogens is 7. The van der Waals surface area contributed by atoms with E-state index in [2.05, 4.69) is 31.1 Å². The van der Waals surface area contributed by atoms with Gasteiger partial charge in [0.05, 0.1) is 17.2 Å². The van der Waals surface area contributed by atoms with E-state index < -0.39 is 5.92 Å². The molecule has 174 valence electrons. The second-order valence-corrected chi connectivity index (χ2v) is 8.14. The molecule has 36 heavy (non-hydrogen) atoms. The molecule has 1 aliphatic rings. The molecule has 0 aliphatic carbocycles. The van der Waals surface area contributed by atoms with Crippen LogP contribution >= 0.6 is 0 Å². The molecule has 4 aromatic heterocycles. The molecular formula is C26H19N9O. The van der Waals surface area contributed by atoms with Gasteiger partial charge in [0.15, 0.2) is 5.82 Å². The standard InChI is InChI=1S/C26H19N9O/c1-34-26-22(23(33-34)19-9-11-29-15-32-19)21(18(14-27)24(28)36-26)16-5-7-17(8-6-16)35-13-12-31-25(35)20-4-2-3-10-30-20/h2-13,15,21H,28H2,1H3. The van der Waals surface area contributed by atoms with E-state index in [-0.39, 0.29) is 5.88 Å². The number of nitrogens with two attached hydrogens (primary N) is 1. The summed E-state index contributed by atoms with van der Waals surface area (Å²) >= 11 is 0. The predicted octanol–water partition coefficient (Wildman–Crippen LogP) is 3.34. The largest absolute Gasteiger partial charge is 0.422 e. The van der Waals surface area contributed by atoms with Gasteiger partial charge in [-0.1, -0.05) is 18.2 Å². The molecule has 5 aromatic rings. The van der Waals surface area contributed by atoms with Gasteiger partial charge in [-0.05, 0) is 35.9 Å². The lowest BCUT2D eigenvalue weighted by atomic mass is 9.83. The third-order valence-corrected chi connectivity index (χ3v) is 6.06. The van der Waals surface area contributed by atoms with Gasteiger partial charge < -0.3 is 10.5 Å². The number of nitriles is 1. The normalized spacial score (nSPS) is 14.7. The molecule has 0 amide bonds. The Bertz CT molecular complexity index is 1630. The summed E-state index contributed by atoms with van der Waals surface area (Å²) in [5.74, 6) is 0.783. The van der Waals surface area contributed by atoms with Crippen molar-refractivity contribution in [3.63, 3.8) is 0 Å². The van der Waals surface area contributed by atoms with Crippen LogP contribution in [0.1, 0.15) is 17.0 Å². The van der Waals surface area contributed by atoms with Gasteiger partial charge in [0.2, 0.25) is 11.8 Å². The molecule has 0 radical (unpaired) electrons. The zero-order chi connectivity index (χ0) is 24.6. The smallest absolute Gasteiger partial charge is 0.224 e. The fourth-order valence-corrected chi connectivity index (χ4v) is 4.45. The van der Waals surface area contributed by atoms with Crippen molar-refractivity contribution < 1.29 is 4.74 Å². The first-order valence-electron chi connectivity index (χ1n) is 11.1. The summed E-state index contributed by atoms with van der Waals surface area (Å²) in [5.41, 5.74) is 11.0. The zero-order valence-electron chi connectivity index (χ0n) is 19.1. The zero-order valence-corrected chi connectivity index (χ0v) is 19.1. The maximum absolute atomic E-state index is 10.0. The molecule has 2 N–H and O–H groups in total. The summed E-state index contributed by atoms with van der Waals surface area (Å²) in [4.78, 5) is 17.3. The third-order valence-electron chi connectivity index (χ3n) is 6.06. The summed E-state index contributed by atoms with van der Waals surface area (Å²) < 4.78 is 9.42. The van der Waals surface area contributed by atoms with E-state index in [4.69, 9.17) is 10.5 Å². The van der Waals surface area contributed by atoms with Gasteiger partial charge in [0.1, 0.15) is 29.4 Å². The monoisotopic (exact) mass is 473 g/mol. The average molecular weight is 474 g/mol. The second kappa shape index (κ2) is 8.48. The van der Waals surface area contributed by atoms with Gasteiger partial charge in [0.25, 0.3) is 0 Å². The number of imidazole rings is 1. The van der Waals surface area contributed by atoms with Crippen LogP contribution < -0.4 is 10.5 Å². The maximum Gasteiger partial charge on any atom is 0.224 e. The van der Waals surface area contributed by atoms with Crippen molar-refractivity contribution in [3.8, 4) is 40.5 Å². The van der Waals surface area contributed by atoms with Crippen molar-refractivity contribution in [2.75, 3.05) is 0 Å². The SMILES string of the molecule is Cn1nc(-c2ccncn2)c2c1OC(N)=C(C#N)C2c1ccc(-n2ccnc2-c2ccccn2)cc1. The number of ether oxygens (including phenoxy) is 1.